The average molecular weight is 264 g/mol. The molecule has 1 heterocycles. The standard InChI is InChI=1S/C8H13N2.HI/c1-2-10-5-3-8(7-9)4-6-10;/h3-6H,2,7,9H2,1H3;1H/q+1;/p-1. The first-order chi connectivity index (χ1) is 4.86. The molecule has 0 atom stereocenters. The van der Waals surface area contributed by atoms with E-state index in [0.717, 1.165) is 6.54 Å². The molecule has 3 heteroatoms. The van der Waals surface area contributed by atoms with Crippen molar-refractivity contribution in [1.29, 1.82) is 0 Å². The molecule has 0 spiro atoms. The zero-order valence-electron chi connectivity index (χ0n) is 6.63. The maximum Gasteiger partial charge on any atom is 0.169 e. The molecule has 11 heavy (non-hydrogen) atoms. The van der Waals surface area contributed by atoms with Gasteiger partial charge in [0.15, 0.2) is 12.4 Å². The van der Waals surface area contributed by atoms with E-state index in [4.69, 9.17) is 5.73 Å². The van der Waals surface area contributed by atoms with Gasteiger partial charge in [-0.1, -0.05) is 0 Å². The molecular weight excluding hydrogens is 251 g/mol. The van der Waals surface area contributed by atoms with Crippen molar-refractivity contribution in [3.8, 4) is 0 Å². The Hall–Kier alpha value is -0.160. The molecule has 62 valence electrons. The third-order valence-electron chi connectivity index (χ3n) is 1.56. The number of hydrogen-bond donors (Lipinski definition) is 1. The Kier molecular flexibility index (Phi) is 5.41. The van der Waals surface area contributed by atoms with Crippen molar-refractivity contribution in [2.24, 2.45) is 5.73 Å². The van der Waals surface area contributed by atoms with E-state index in [1.54, 1.807) is 0 Å². The second-order valence-electron chi connectivity index (χ2n) is 2.24. The van der Waals surface area contributed by atoms with E-state index < -0.39 is 0 Å². The van der Waals surface area contributed by atoms with Gasteiger partial charge in [-0.15, -0.1) is 0 Å². The molecule has 0 amide bonds. The fraction of sp³-hybridized carbons (Fsp3) is 0.375. The Bertz CT molecular complexity index is 173. The van der Waals surface area contributed by atoms with Gasteiger partial charge in [-0.3, -0.25) is 0 Å². The molecule has 0 aliphatic carbocycles. The maximum absolute atomic E-state index is 5.43. The summed E-state index contributed by atoms with van der Waals surface area (Å²) in [7, 11) is 0. The summed E-state index contributed by atoms with van der Waals surface area (Å²) in [5, 5.41) is 0. The van der Waals surface area contributed by atoms with Gasteiger partial charge in [-0.25, -0.2) is 4.57 Å². The molecule has 0 radical (unpaired) electrons. The molecule has 1 aromatic rings. The van der Waals surface area contributed by atoms with Crippen LogP contribution in [0, 0.1) is 0 Å². The lowest BCUT2D eigenvalue weighted by Crippen LogP contribution is -3.00. The number of rotatable bonds is 2. The van der Waals surface area contributed by atoms with E-state index in [-0.39, 0.29) is 24.0 Å². The quantitative estimate of drug-likeness (QED) is 0.463. The summed E-state index contributed by atoms with van der Waals surface area (Å²) in [6.45, 7) is 3.76. The largest absolute Gasteiger partial charge is 1.00 e. The van der Waals surface area contributed by atoms with Crippen LogP contribution >= 0.6 is 0 Å². The second kappa shape index (κ2) is 5.49. The van der Waals surface area contributed by atoms with Crippen LogP contribution in [0.1, 0.15) is 12.5 Å². The molecule has 0 aromatic carbocycles. The highest BCUT2D eigenvalue weighted by Gasteiger charge is 1.93. The number of hydrogen-bond acceptors (Lipinski definition) is 1. The van der Waals surface area contributed by atoms with Crippen LogP contribution in [0.2, 0.25) is 0 Å². The molecule has 0 saturated carbocycles. The van der Waals surface area contributed by atoms with Crippen LogP contribution in [0.5, 0.6) is 0 Å². The first-order valence-electron chi connectivity index (χ1n) is 3.55. The number of aryl methyl sites for hydroxylation is 1. The number of nitrogens with zero attached hydrogens (tertiary/aromatic N) is 1. The number of pyridine rings is 1. The van der Waals surface area contributed by atoms with Crippen LogP contribution in [0.3, 0.4) is 0 Å². The van der Waals surface area contributed by atoms with Crippen molar-refractivity contribution < 1.29 is 28.5 Å². The van der Waals surface area contributed by atoms with E-state index in [9.17, 15) is 0 Å². The minimum Gasteiger partial charge on any atom is -1.00 e. The summed E-state index contributed by atoms with van der Waals surface area (Å²) in [5.41, 5.74) is 6.62. The van der Waals surface area contributed by atoms with Gasteiger partial charge in [0.2, 0.25) is 0 Å². The van der Waals surface area contributed by atoms with Gasteiger partial charge in [-0.05, 0) is 12.5 Å². The lowest BCUT2D eigenvalue weighted by Gasteiger charge is -1.93. The predicted octanol–water partition coefficient (Wildman–Crippen LogP) is -2.54. The molecule has 1 rings (SSSR count). The highest BCUT2D eigenvalue weighted by atomic mass is 127. The number of aromatic nitrogens is 1. The molecule has 0 saturated heterocycles. The van der Waals surface area contributed by atoms with E-state index >= 15 is 0 Å². The van der Waals surface area contributed by atoms with Crippen molar-refractivity contribution in [3.05, 3.63) is 30.1 Å². The topological polar surface area (TPSA) is 29.9 Å². The molecule has 2 N–H and O–H groups in total. The Morgan fingerprint density at radius 3 is 2.27 bits per heavy atom. The fourth-order valence-electron chi connectivity index (χ4n) is 0.835. The Balaban J connectivity index is 0.000001000. The first-order valence-corrected chi connectivity index (χ1v) is 3.55. The molecule has 0 aliphatic heterocycles. The lowest BCUT2D eigenvalue weighted by molar-refractivity contribution is -0.693. The van der Waals surface area contributed by atoms with Gasteiger partial charge < -0.3 is 29.7 Å². The van der Waals surface area contributed by atoms with Crippen LogP contribution in [-0.2, 0) is 13.1 Å². The molecule has 0 fully saturated rings. The number of nitrogens with two attached hydrogens (primary N) is 1. The van der Waals surface area contributed by atoms with Crippen molar-refractivity contribution in [2.75, 3.05) is 0 Å². The highest BCUT2D eigenvalue weighted by Crippen LogP contribution is 1.90. The van der Waals surface area contributed by atoms with Crippen LogP contribution < -0.4 is 34.3 Å². The average Bonchev–Trinajstić information content (AvgIpc) is 2.05. The van der Waals surface area contributed by atoms with Gasteiger partial charge in [-0.2, -0.15) is 0 Å². The van der Waals surface area contributed by atoms with E-state index in [2.05, 4.69) is 11.5 Å². The van der Waals surface area contributed by atoms with E-state index in [0.29, 0.717) is 6.54 Å². The number of halogens is 1. The second-order valence-corrected chi connectivity index (χ2v) is 2.24. The van der Waals surface area contributed by atoms with Gasteiger partial charge in [0.05, 0.1) is 0 Å². The summed E-state index contributed by atoms with van der Waals surface area (Å²) in [5.74, 6) is 0. The van der Waals surface area contributed by atoms with Gasteiger partial charge in [0.1, 0.15) is 6.54 Å². The molecule has 2 nitrogen and oxygen atoms in total. The Labute approximate surface area is 84.4 Å². The third-order valence-corrected chi connectivity index (χ3v) is 1.56. The third kappa shape index (κ3) is 3.16. The van der Waals surface area contributed by atoms with Gasteiger partial charge in [0.25, 0.3) is 0 Å². The van der Waals surface area contributed by atoms with Crippen LogP contribution in [-0.4, -0.2) is 0 Å². The minimum atomic E-state index is 0. The smallest absolute Gasteiger partial charge is 0.169 e. The van der Waals surface area contributed by atoms with Crippen molar-refractivity contribution in [3.63, 3.8) is 0 Å². The minimum absolute atomic E-state index is 0. The summed E-state index contributed by atoms with van der Waals surface area (Å²) >= 11 is 0. The van der Waals surface area contributed by atoms with Crippen LogP contribution in [0.25, 0.3) is 0 Å². The van der Waals surface area contributed by atoms with Crippen molar-refractivity contribution in [1.82, 2.24) is 0 Å². The van der Waals surface area contributed by atoms with Crippen LogP contribution in [0.4, 0.5) is 0 Å². The van der Waals surface area contributed by atoms with Crippen molar-refractivity contribution >= 4 is 0 Å². The van der Waals surface area contributed by atoms with Gasteiger partial charge >= 0.3 is 0 Å². The zero-order valence-corrected chi connectivity index (χ0v) is 8.78. The lowest BCUT2D eigenvalue weighted by atomic mass is 10.3. The highest BCUT2D eigenvalue weighted by molar-refractivity contribution is 5.05. The molecule has 0 aliphatic rings. The molecule has 0 bridgehead atoms. The fourth-order valence-corrected chi connectivity index (χ4v) is 0.835. The summed E-state index contributed by atoms with van der Waals surface area (Å²) in [6, 6.07) is 4.09. The summed E-state index contributed by atoms with van der Waals surface area (Å²) in [4.78, 5) is 0. The molecular formula is C8H13IN2. The first kappa shape index (κ1) is 10.8. The normalized spacial score (nSPS) is 8.91. The van der Waals surface area contributed by atoms with Crippen LogP contribution in [0.15, 0.2) is 24.5 Å². The molecule has 1 aromatic heterocycles. The maximum atomic E-state index is 5.43. The molecule has 0 unspecified atom stereocenters. The summed E-state index contributed by atoms with van der Waals surface area (Å²) in [6.07, 6.45) is 4.09. The SMILES string of the molecule is CC[n+]1ccc(CN)cc1.[I-]. The van der Waals surface area contributed by atoms with E-state index in [1.165, 1.54) is 5.56 Å². The van der Waals surface area contributed by atoms with Crippen molar-refractivity contribution in [2.45, 2.75) is 20.0 Å². The Morgan fingerprint density at radius 1 is 1.36 bits per heavy atom. The summed E-state index contributed by atoms with van der Waals surface area (Å²) < 4.78 is 2.11. The Morgan fingerprint density at radius 2 is 1.91 bits per heavy atom. The predicted molar refractivity (Wildman–Crippen MR) is 40.2 cm³/mol. The zero-order chi connectivity index (χ0) is 7.40. The monoisotopic (exact) mass is 264 g/mol. The van der Waals surface area contributed by atoms with E-state index in [1.807, 2.05) is 24.5 Å². The van der Waals surface area contributed by atoms with Gasteiger partial charge in [0, 0.05) is 18.7 Å².